The summed E-state index contributed by atoms with van der Waals surface area (Å²) in [7, 11) is 0. The molecule has 0 bridgehead atoms. The van der Waals surface area contributed by atoms with Crippen molar-refractivity contribution < 1.29 is 19.5 Å². The number of nitro benzene ring substituents is 3. The fourth-order valence-electron chi connectivity index (χ4n) is 2.61. The van der Waals surface area contributed by atoms with Crippen molar-refractivity contribution in [3.05, 3.63) is 66.5 Å². The Bertz CT molecular complexity index is 965. The Morgan fingerprint density at radius 3 is 2.28 bits per heavy atom. The van der Waals surface area contributed by atoms with Gasteiger partial charge in [0.1, 0.15) is 5.75 Å². The van der Waals surface area contributed by atoms with Crippen molar-refractivity contribution in [2.75, 3.05) is 0 Å². The molecular weight excluding hydrogens is 384 g/mol. The maximum Gasteiger partial charge on any atom is 0.325 e. The highest BCUT2D eigenvalue weighted by atomic mass is 16.6. The topological polar surface area (TPSA) is 152 Å². The molecule has 0 amide bonds. The van der Waals surface area contributed by atoms with Crippen LogP contribution in [0.3, 0.4) is 0 Å². The summed E-state index contributed by atoms with van der Waals surface area (Å²) in [6.45, 7) is 1.94. The Morgan fingerprint density at radius 2 is 1.76 bits per heavy atom. The van der Waals surface area contributed by atoms with E-state index in [-0.39, 0.29) is 11.7 Å². The lowest BCUT2D eigenvalue weighted by Gasteiger charge is -2.13. The number of terminal acetylenes is 1. The lowest BCUT2D eigenvalue weighted by atomic mass is 9.99. The predicted molar refractivity (Wildman–Crippen MR) is 102 cm³/mol. The van der Waals surface area contributed by atoms with Gasteiger partial charge in [-0.3, -0.25) is 35.3 Å². The summed E-state index contributed by atoms with van der Waals surface area (Å²) in [5.74, 6) is 2.04. The molecule has 1 aromatic heterocycles. The van der Waals surface area contributed by atoms with Crippen LogP contribution in [0.4, 0.5) is 17.1 Å². The van der Waals surface area contributed by atoms with Crippen LogP contribution in [0, 0.1) is 48.6 Å². The monoisotopic (exact) mass is 400 g/mol. The van der Waals surface area contributed by atoms with Crippen molar-refractivity contribution in [2.24, 2.45) is 5.92 Å². The zero-order valence-corrected chi connectivity index (χ0v) is 15.3. The van der Waals surface area contributed by atoms with Crippen molar-refractivity contribution in [1.82, 2.24) is 4.98 Å². The molecule has 0 aliphatic carbocycles. The molecule has 11 heteroatoms. The van der Waals surface area contributed by atoms with Gasteiger partial charge in [0.15, 0.2) is 0 Å². The quantitative estimate of drug-likeness (QED) is 0.345. The lowest BCUT2D eigenvalue weighted by molar-refractivity contribution is -0.404. The molecule has 0 saturated heterocycles. The third kappa shape index (κ3) is 5.23. The van der Waals surface area contributed by atoms with E-state index in [1.54, 1.807) is 0 Å². The van der Waals surface area contributed by atoms with Gasteiger partial charge in [-0.15, -0.1) is 12.3 Å². The normalized spacial score (nSPS) is 11.3. The number of benzene rings is 1. The van der Waals surface area contributed by atoms with Crippen molar-refractivity contribution in [3.8, 4) is 23.8 Å². The highest BCUT2D eigenvalue weighted by Gasteiger charge is 2.33. The molecular formula is C18H16N4O7. The molecule has 1 atom stereocenters. The third-order valence-electron chi connectivity index (χ3n) is 4.02. The maximum absolute atomic E-state index is 11.4. The summed E-state index contributed by atoms with van der Waals surface area (Å²) in [4.78, 5) is 35.1. The van der Waals surface area contributed by atoms with E-state index in [9.17, 15) is 30.3 Å². The first-order valence-electron chi connectivity index (χ1n) is 8.41. The Hall–Kier alpha value is -4.07. The fourth-order valence-corrected chi connectivity index (χ4v) is 2.61. The minimum atomic E-state index is -0.971. The number of non-ortho nitro benzene ring substituents is 1. The van der Waals surface area contributed by atoms with E-state index < -0.39 is 37.6 Å². The molecule has 29 heavy (non-hydrogen) atoms. The number of nitrogens with zero attached hydrogens (tertiary/aromatic N) is 4. The predicted octanol–water partition coefficient (Wildman–Crippen LogP) is 4.19. The number of ether oxygens (including phenoxy) is 1. The Balaban J connectivity index is 2.52. The largest absolute Gasteiger partial charge is 0.442 e. The van der Waals surface area contributed by atoms with E-state index in [1.165, 1.54) is 18.3 Å². The van der Waals surface area contributed by atoms with Gasteiger partial charge in [0, 0.05) is 12.6 Å². The van der Waals surface area contributed by atoms with Crippen LogP contribution in [-0.4, -0.2) is 19.8 Å². The van der Waals surface area contributed by atoms with E-state index in [4.69, 9.17) is 11.2 Å². The van der Waals surface area contributed by atoms with E-state index in [0.29, 0.717) is 37.1 Å². The Morgan fingerprint density at radius 1 is 1.14 bits per heavy atom. The van der Waals surface area contributed by atoms with Crippen LogP contribution in [-0.2, 0) is 6.42 Å². The minimum Gasteiger partial charge on any atom is -0.442 e. The lowest BCUT2D eigenvalue weighted by Crippen LogP contribution is -2.05. The van der Waals surface area contributed by atoms with Gasteiger partial charge >= 0.3 is 11.4 Å². The first kappa shape index (κ1) is 21.2. The molecule has 1 aromatic carbocycles. The van der Waals surface area contributed by atoms with Crippen LogP contribution in [0.2, 0.25) is 0 Å². The molecule has 1 heterocycles. The second-order valence-electron chi connectivity index (χ2n) is 6.19. The third-order valence-corrected chi connectivity index (χ3v) is 4.02. The Kier molecular flexibility index (Phi) is 6.75. The van der Waals surface area contributed by atoms with E-state index in [1.807, 2.05) is 6.92 Å². The zero-order valence-electron chi connectivity index (χ0n) is 15.3. The van der Waals surface area contributed by atoms with Crippen molar-refractivity contribution in [2.45, 2.75) is 26.2 Å². The fraction of sp³-hybridized carbons (Fsp3) is 0.278. The van der Waals surface area contributed by atoms with Gasteiger partial charge in [0.05, 0.1) is 32.6 Å². The number of hydrogen-bond acceptors (Lipinski definition) is 8. The van der Waals surface area contributed by atoms with Crippen LogP contribution in [0.1, 0.15) is 25.5 Å². The molecule has 0 radical (unpaired) electrons. The average molecular weight is 400 g/mol. The summed E-state index contributed by atoms with van der Waals surface area (Å²) in [6.07, 6.45) is 8.45. The second kappa shape index (κ2) is 9.23. The summed E-state index contributed by atoms with van der Waals surface area (Å²) >= 11 is 0. The standard InChI is InChI=1S/C18H16N4O7/c1-3-4-6-12(2)9-14-17(7-5-8-19-14)29-18-15(21(25)26)10-13(20(23)24)11-16(18)22(27)28/h1,5,7-8,10-12H,4,6,9H2,2H3. The van der Waals surface area contributed by atoms with Gasteiger partial charge in [-0.2, -0.15) is 0 Å². The van der Waals surface area contributed by atoms with Gasteiger partial charge < -0.3 is 4.74 Å². The number of aromatic nitrogens is 1. The highest BCUT2D eigenvalue weighted by molar-refractivity contribution is 5.66. The van der Waals surface area contributed by atoms with Gasteiger partial charge in [-0.1, -0.05) is 6.92 Å². The van der Waals surface area contributed by atoms with Crippen molar-refractivity contribution in [1.29, 1.82) is 0 Å². The van der Waals surface area contributed by atoms with E-state index >= 15 is 0 Å². The maximum atomic E-state index is 11.4. The first-order chi connectivity index (χ1) is 13.7. The second-order valence-corrected chi connectivity index (χ2v) is 6.19. The van der Waals surface area contributed by atoms with Crippen LogP contribution in [0.15, 0.2) is 30.5 Å². The number of pyridine rings is 1. The molecule has 150 valence electrons. The number of hydrogen-bond donors (Lipinski definition) is 0. The minimum absolute atomic E-state index is 0.0834. The van der Waals surface area contributed by atoms with E-state index in [0.717, 1.165) is 0 Å². The van der Waals surface area contributed by atoms with Crippen LogP contribution < -0.4 is 4.74 Å². The summed E-state index contributed by atoms with van der Waals surface area (Å²) in [6, 6.07) is 4.21. The number of rotatable bonds is 9. The molecule has 0 N–H and O–H groups in total. The van der Waals surface area contributed by atoms with Gasteiger partial charge in [-0.05, 0) is 30.9 Å². The molecule has 0 spiro atoms. The van der Waals surface area contributed by atoms with E-state index in [2.05, 4.69) is 10.9 Å². The molecule has 2 aromatic rings. The molecule has 11 nitrogen and oxygen atoms in total. The molecule has 1 unspecified atom stereocenters. The highest BCUT2D eigenvalue weighted by Crippen LogP contribution is 2.43. The summed E-state index contributed by atoms with van der Waals surface area (Å²) < 4.78 is 5.53. The number of nitro groups is 3. The average Bonchev–Trinajstić information content (AvgIpc) is 2.67. The SMILES string of the molecule is C#CCCC(C)Cc1ncccc1Oc1c([N+](=O)[O-])cc([N+](=O)[O-])cc1[N+](=O)[O-]. The van der Waals surface area contributed by atoms with Gasteiger partial charge in [0.25, 0.3) is 11.4 Å². The molecule has 0 aliphatic rings. The van der Waals surface area contributed by atoms with Crippen molar-refractivity contribution >= 4 is 17.1 Å². The smallest absolute Gasteiger partial charge is 0.325 e. The molecule has 0 saturated carbocycles. The Labute approximate surface area is 164 Å². The van der Waals surface area contributed by atoms with Gasteiger partial charge in [0.2, 0.25) is 0 Å². The van der Waals surface area contributed by atoms with Crippen molar-refractivity contribution in [3.63, 3.8) is 0 Å². The molecule has 0 fully saturated rings. The van der Waals surface area contributed by atoms with Crippen LogP contribution in [0.5, 0.6) is 11.5 Å². The molecule has 0 aliphatic heterocycles. The summed E-state index contributed by atoms with van der Waals surface area (Å²) in [5.41, 5.74) is -2.13. The van der Waals surface area contributed by atoms with Crippen LogP contribution in [0.25, 0.3) is 0 Å². The van der Waals surface area contributed by atoms with Gasteiger partial charge in [-0.25, -0.2) is 0 Å². The zero-order chi connectivity index (χ0) is 21.6. The molecule has 2 rings (SSSR count). The summed E-state index contributed by atoms with van der Waals surface area (Å²) in [5, 5.41) is 33.8. The van der Waals surface area contributed by atoms with Crippen LogP contribution >= 0.6 is 0 Å². The first-order valence-corrected chi connectivity index (χ1v) is 8.41.